The molecule has 142 valence electrons. The molecule has 2 heterocycles. The van der Waals surface area contributed by atoms with E-state index in [1.807, 2.05) is 37.4 Å². The Labute approximate surface area is 163 Å². The van der Waals surface area contributed by atoms with E-state index in [1.165, 1.54) is 11.3 Å². The van der Waals surface area contributed by atoms with Gasteiger partial charge in [0.05, 0.1) is 12.3 Å². The highest BCUT2D eigenvalue weighted by atomic mass is 32.1. The summed E-state index contributed by atoms with van der Waals surface area (Å²) in [5.41, 5.74) is 8.80. The lowest BCUT2D eigenvalue weighted by Gasteiger charge is -2.16. The van der Waals surface area contributed by atoms with Crippen LogP contribution in [0.5, 0.6) is 5.75 Å². The molecule has 3 aromatic rings. The third-order valence-corrected chi connectivity index (χ3v) is 4.76. The summed E-state index contributed by atoms with van der Waals surface area (Å²) in [7, 11) is 0. The first-order valence-corrected chi connectivity index (χ1v) is 9.88. The number of nitrogens with zero attached hydrogens (tertiary/aromatic N) is 3. The van der Waals surface area contributed by atoms with Crippen molar-refractivity contribution in [1.82, 2.24) is 15.0 Å². The number of nitrogens with two attached hydrogens (primary N) is 1. The Kier molecular flexibility index (Phi) is 6.36. The molecule has 0 saturated heterocycles. The number of hydrogen-bond acceptors (Lipinski definition) is 7. The Morgan fingerprint density at radius 1 is 1.19 bits per heavy atom. The van der Waals surface area contributed by atoms with Gasteiger partial charge in [0.25, 0.3) is 0 Å². The topological polar surface area (TPSA) is 86.0 Å². The lowest BCUT2D eigenvalue weighted by atomic mass is 10.0. The van der Waals surface area contributed by atoms with Gasteiger partial charge in [0, 0.05) is 29.4 Å². The average molecular weight is 384 g/mol. The highest BCUT2D eigenvalue weighted by Gasteiger charge is 2.10. The molecule has 0 bridgehead atoms. The molecule has 6 nitrogen and oxygen atoms in total. The van der Waals surface area contributed by atoms with Crippen molar-refractivity contribution >= 4 is 22.4 Å². The van der Waals surface area contributed by atoms with E-state index in [2.05, 4.69) is 33.3 Å². The summed E-state index contributed by atoms with van der Waals surface area (Å²) < 4.78 is 5.98. The van der Waals surface area contributed by atoms with Gasteiger partial charge in [-0.2, -0.15) is 0 Å². The Hall–Kier alpha value is -2.51. The second kappa shape index (κ2) is 8.92. The fourth-order valence-corrected chi connectivity index (χ4v) is 3.39. The Balaban J connectivity index is 1.70. The average Bonchev–Trinajstić information content (AvgIpc) is 3.13. The maximum Gasteiger partial charge on any atom is 0.229 e. The number of nitrogens with one attached hydrogen (secondary N) is 1. The molecule has 0 fully saturated rings. The standard InChI is InChI=1S/C20H25N5OS/c1-13(10-15(3)21)12-26-18-5-4-16(11-14(18)2)17-6-7-22-19(24-17)25-20-23-8-9-27-20/h4-9,11,13,15H,10,12,21H2,1-3H3,(H,22,23,24,25). The van der Waals surface area contributed by atoms with Crippen LogP contribution >= 0.6 is 11.3 Å². The molecule has 0 spiro atoms. The summed E-state index contributed by atoms with van der Waals surface area (Å²) in [5.74, 6) is 1.85. The molecule has 3 rings (SSSR count). The predicted molar refractivity (Wildman–Crippen MR) is 111 cm³/mol. The molecule has 27 heavy (non-hydrogen) atoms. The van der Waals surface area contributed by atoms with Gasteiger partial charge >= 0.3 is 0 Å². The van der Waals surface area contributed by atoms with Gasteiger partial charge in [0.2, 0.25) is 5.95 Å². The van der Waals surface area contributed by atoms with E-state index in [0.717, 1.165) is 34.1 Å². The van der Waals surface area contributed by atoms with Gasteiger partial charge in [0.15, 0.2) is 5.13 Å². The molecule has 0 amide bonds. The molecule has 0 aliphatic carbocycles. The molecule has 2 atom stereocenters. The van der Waals surface area contributed by atoms with Crippen LogP contribution in [0.3, 0.4) is 0 Å². The molecule has 7 heteroatoms. The first kappa shape index (κ1) is 19.3. The molecule has 3 N–H and O–H groups in total. The predicted octanol–water partition coefficient (Wildman–Crippen LogP) is 4.40. The van der Waals surface area contributed by atoms with E-state index >= 15 is 0 Å². The second-order valence-corrected chi connectivity index (χ2v) is 7.73. The van der Waals surface area contributed by atoms with Crippen molar-refractivity contribution in [2.75, 3.05) is 11.9 Å². The van der Waals surface area contributed by atoms with E-state index in [9.17, 15) is 0 Å². The minimum Gasteiger partial charge on any atom is -0.493 e. The van der Waals surface area contributed by atoms with Crippen LogP contribution in [0.15, 0.2) is 42.0 Å². The summed E-state index contributed by atoms with van der Waals surface area (Å²) in [4.78, 5) is 13.0. The molecule has 2 unspecified atom stereocenters. The lowest BCUT2D eigenvalue weighted by Crippen LogP contribution is -2.21. The van der Waals surface area contributed by atoms with Crippen molar-refractivity contribution in [3.05, 3.63) is 47.6 Å². The van der Waals surface area contributed by atoms with E-state index in [0.29, 0.717) is 18.5 Å². The summed E-state index contributed by atoms with van der Waals surface area (Å²) >= 11 is 1.51. The molecule has 0 aliphatic heterocycles. The monoisotopic (exact) mass is 383 g/mol. The SMILES string of the molecule is Cc1cc(-c2ccnc(Nc3nccs3)n2)ccc1OCC(C)CC(C)N. The van der Waals surface area contributed by atoms with Crippen LogP contribution in [0.1, 0.15) is 25.8 Å². The van der Waals surface area contributed by atoms with Crippen molar-refractivity contribution in [3.63, 3.8) is 0 Å². The zero-order valence-corrected chi connectivity index (χ0v) is 16.7. The van der Waals surface area contributed by atoms with Crippen LogP contribution in [-0.2, 0) is 0 Å². The zero-order chi connectivity index (χ0) is 19.2. The van der Waals surface area contributed by atoms with E-state index < -0.39 is 0 Å². The van der Waals surface area contributed by atoms with Crippen LogP contribution in [0.2, 0.25) is 0 Å². The van der Waals surface area contributed by atoms with Crippen LogP contribution < -0.4 is 15.8 Å². The smallest absolute Gasteiger partial charge is 0.229 e. The normalized spacial score (nSPS) is 13.2. The minimum atomic E-state index is 0.192. The summed E-state index contributed by atoms with van der Waals surface area (Å²) in [5, 5.41) is 5.80. The molecular formula is C20H25N5OS. The van der Waals surface area contributed by atoms with Crippen molar-refractivity contribution in [1.29, 1.82) is 0 Å². The molecule has 2 aromatic heterocycles. The number of thiazole rings is 1. The van der Waals surface area contributed by atoms with Crippen molar-refractivity contribution in [2.45, 2.75) is 33.2 Å². The number of rotatable bonds is 8. The molecular weight excluding hydrogens is 358 g/mol. The number of hydrogen-bond donors (Lipinski definition) is 2. The quantitative estimate of drug-likeness (QED) is 0.599. The molecule has 0 radical (unpaired) electrons. The van der Waals surface area contributed by atoms with Crippen LogP contribution in [0, 0.1) is 12.8 Å². The van der Waals surface area contributed by atoms with Crippen LogP contribution in [0.4, 0.5) is 11.1 Å². The van der Waals surface area contributed by atoms with E-state index in [4.69, 9.17) is 10.5 Å². The molecule has 0 saturated carbocycles. The van der Waals surface area contributed by atoms with Crippen molar-refractivity contribution < 1.29 is 4.74 Å². The van der Waals surface area contributed by atoms with Gasteiger partial charge in [-0.3, -0.25) is 0 Å². The third-order valence-electron chi connectivity index (χ3n) is 4.07. The number of aromatic nitrogens is 3. The fourth-order valence-electron chi connectivity index (χ4n) is 2.87. The Bertz CT molecular complexity index is 867. The summed E-state index contributed by atoms with van der Waals surface area (Å²) in [6.45, 7) is 6.89. The van der Waals surface area contributed by atoms with Crippen molar-refractivity contribution in [2.24, 2.45) is 11.7 Å². The highest BCUT2D eigenvalue weighted by molar-refractivity contribution is 7.13. The minimum absolute atomic E-state index is 0.192. The van der Waals surface area contributed by atoms with Crippen LogP contribution in [0.25, 0.3) is 11.3 Å². The number of aryl methyl sites for hydroxylation is 1. The number of benzene rings is 1. The van der Waals surface area contributed by atoms with Gasteiger partial charge in [-0.05, 0) is 56.0 Å². The molecule has 1 aromatic carbocycles. The Morgan fingerprint density at radius 2 is 2.04 bits per heavy atom. The lowest BCUT2D eigenvalue weighted by molar-refractivity contribution is 0.245. The Morgan fingerprint density at radius 3 is 2.74 bits per heavy atom. The summed E-state index contributed by atoms with van der Waals surface area (Å²) in [6, 6.07) is 8.19. The zero-order valence-electron chi connectivity index (χ0n) is 15.8. The third kappa shape index (κ3) is 5.48. The van der Waals surface area contributed by atoms with Gasteiger partial charge in [-0.25, -0.2) is 15.0 Å². The molecule has 0 aliphatic rings. The van der Waals surface area contributed by atoms with E-state index in [1.54, 1.807) is 12.4 Å². The van der Waals surface area contributed by atoms with Crippen LogP contribution in [-0.4, -0.2) is 27.6 Å². The summed E-state index contributed by atoms with van der Waals surface area (Å²) in [6.07, 6.45) is 4.44. The first-order chi connectivity index (χ1) is 13.0. The largest absolute Gasteiger partial charge is 0.493 e. The number of anilines is 2. The van der Waals surface area contributed by atoms with E-state index in [-0.39, 0.29) is 6.04 Å². The first-order valence-electron chi connectivity index (χ1n) is 9.00. The fraction of sp³-hybridized carbons (Fsp3) is 0.350. The second-order valence-electron chi connectivity index (χ2n) is 6.84. The van der Waals surface area contributed by atoms with Crippen molar-refractivity contribution in [3.8, 4) is 17.0 Å². The van der Waals surface area contributed by atoms with Gasteiger partial charge in [0.1, 0.15) is 5.75 Å². The van der Waals surface area contributed by atoms with Gasteiger partial charge in [-0.15, -0.1) is 11.3 Å². The maximum absolute atomic E-state index is 5.98. The van der Waals surface area contributed by atoms with Gasteiger partial charge < -0.3 is 15.8 Å². The highest BCUT2D eigenvalue weighted by Crippen LogP contribution is 2.26. The maximum atomic E-state index is 5.98. The van der Waals surface area contributed by atoms with Gasteiger partial charge in [-0.1, -0.05) is 6.92 Å². The number of ether oxygens (including phenoxy) is 1.